The minimum atomic E-state index is -0.165. The maximum absolute atomic E-state index is 12.5. The SMILES string of the molecule is COc1ccc(N2CC(c3nc(-c4cccnc4)no3)CC2=O)cc1Cl. The van der Waals surface area contributed by atoms with E-state index >= 15 is 0 Å². The van der Waals surface area contributed by atoms with Crippen LogP contribution in [0.2, 0.25) is 5.02 Å². The molecule has 0 aliphatic carbocycles. The summed E-state index contributed by atoms with van der Waals surface area (Å²) in [6, 6.07) is 8.92. The van der Waals surface area contributed by atoms with Crippen molar-refractivity contribution in [2.45, 2.75) is 12.3 Å². The molecule has 8 heteroatoms. The summed E-state index contributed by atoms with van der Waals surface area (Å²) in [5.41, 5.74) is 1.49. The Morgan fingerprint density at radius 2 is 2.23 bits per heavy atom. The molecule has 132 valence electrons. The van der Waals surface area contributed by atoms with Crippen LogP contribution in [0.5, 0.6) is 5.75 Å². The van der Waals surface area contributed by atoms with Gasteiger partial charge in [-0.2, -0.15) is 4.98 Å². The molecule has 4 rings (SSSR count). The number of rotatable bonds is 4. The second-order valence-electron chi connectivity index (χ2n) is 5.92. The van der Waals surface area contributed by atoms with Gasteiger partial charge in [0, 0.05) is 36.6 Å². The van der Waals surface area contributed by atoms with Gasteiger partial charge in [-0.3, -0.25) is 9.78 Å². The van der Waals surface area contributed by atoms with E-state index in [9.17, 15) is 4.79 Å². The first-order valence-electron chi connectivity index (χ1n) is 8.03. The summed E-state index contributed by atoms with van der Waals surface area (Å²) in [6.45, 7) is 0.455. The van der Waals surface area contributed by atoms with Crippen LogP contribution in [-0.4, -0.2) is 34.7 Å². The Balaban J connectivity index is 1.55. The molecule has 2 aromatic heterocycles. The Kier molecular flexibility index (Phi) is 4.30. The number of methoxy groups -OCH3 is 1. The molecule has 1 aliphatic rings. The first-order valence-corrected chi connectivity index (χ1v) is 8.41. The summed E-state index contributed by atoms with van der Waals surface area (Å²) in [7, 11) is 1.55. The highest BCUT2D eigenvalue weighted by atomic mass is 35.5. The van der Waals surface area contributed by atoms with E-state index in [1.165, 1.54) is 0 Å². The van der Waals surface area contributed by atoms with Crippen LogP contribution in [0.1, 0.15) is 18.2 Å². The second-order valence-corrected chi connectivity index (χ2v) is 6.33. The maximum Gasteiger partial charge on any atom is 0.232 e. The Hall–Kier alpha value is -2.93. The highest BCUT2D eigenvalue weighted by Gasteiger charge is 2.35. The average molecular weight is 371 g/mol. The summed E-state index contributed by atoms with van der Waals surface area (Å²) in [5, 5.41) is 4.45. The third-order valence-corrected chi connectivity index (χ3v) is 4.58. The lowest BCUT2D eigenvalue weighted by molar-refractivity contribution is -0.117. The van der Waals surface area contributed by atoms with Gasteiger partial charge < -0.3 is 14.2 Å². The first-order chi connectivity index (χ1) is 12.7. The van der Waals surface area contributed by atoms with Crippen LogP contribution < -0.4 is 9.64 Å². The summed E-state index contributed by atoms with van der Waals surface area (Å²) in [5.74, 6) is 1.29. The fourth-order valence-electron chi connectivity index (χ4n) is 2.96. The van der Waals surface area contributed by atoms with Gasteiger partial charge in [-0.15, -0.1) is 0 Å². The first kappa shape index (κ1) is 16.5. The van der Waals surface area contributed by atoms with Crippen molar-refractivity contribution in [3.63, 3.8) is 0 Å². The van der Waals surface area contributed by atoms with E-state index in [1.807, 2.05) is 6.07 Å². The van der Waals surface area contributed by atoms with E-state index in [4.69, 9.17) is 20.9 Å². The van der Waals surface area contributed by atoms with Crippen molar-refractivity contribution in [1.29, 1.82) is 0 Å². The monoisotopic (exact) mass is 370 g/mol. The molecular formula is C18H15ClN4O3. The Morgan fingerprint density at radius 3 is 2.96 bits per heavy atom. The van der Waals surface area contributed by atoms with Gasteiger partial charge >= 0.3 is 0 Å². The van der Waals surface area contributed by atoms with Gasteiger partial charge in [0.15, 0.2) is 0 Å². The lowest BCUT2D eigenvalue weighted by Crippen LogP contribution is -2.24. The number of halogens is 1. The number of carbonyl (C=O) groups excluding carboxylic acids is 1. The predicted octanol–water partition coefficient (Wildman–Crippen LogP) is 3.31. The normalized spacial score (nSPS) is 16.9. The molecule has 1 amide bonds. The maximum atomic E-state index is 12.5. The van der Waals surface area contributed by atoms with Gasteiger partial charge in [-0.25, -0.2) is 0 Å². The van der Waals surface area contributed by atoms with Crippen molar-refractivity contribution in [2.24, 2.45) is 0 Å². The van der Waals surface area contributed by atoms with Crippen LogP contribution in [-0.2, 0) is 4.79 Å². The number of hydrogen-bond acceptors (Lipinski definition) is 6. The van der Waals surface area contributed by atoms with Crippen LogP contribution in [0.3, 0.4) is 0 Å². The highest BCUT2D eigenvalue weighted by Crippen LogP contribution is 2.35. The quantitative estimate of drug-likeness (QED) is 0.700. The van der Waals surface area contributed by atoms with Crippen molar-refractivity contribution in [2.75, 3.05) is 18.6 Å². The van der Waals surface area contributed by atoms with Crippen LogP contribution in [0.15, 0.2) is 47.2 Å². The van der Waals surface area contributed by atoms with Crippen molar-refractivity contribution >= 4 is 23.2 Å². The Morgan fingerprint density at radius 1 is 1.35 bits per heavy atom. The number of anilines is 1. The summed E-state index contributed by atoms with van der Waals surface area (Å²) < 4.78 is 10.5. The number of aromatic nitrogens is 3. The third-order valence-electron chi connectivity index (χ3n) is 4.28. The van der Waals surface area contributed by atoms with Crippen LogP contribution in [0.25, 0.3) is 11.4 Å². The highest BCUT2D eigenvalue weighted by molar-refractivity contribution is 6.32. The molecule has 3 heterocycles. The average Bonchev–Trinajstić information content (AvgIpc) is 3.29. The molecule has 1 aromatic carbocycles. The molecular weight excluding hydrogens is 356 g/mol. The number of benzene rings is 1. The van der Waals surface area contributed by atoms with Crippen LogP contribution >= 0.6 is 11.6 Å². The molecule has 1 unspecified atom stereocenters. The summed E-state index contributed by atoms with van der Waals surface area (Å²) in [6.07, 6.45) is 3.65. The Labute approximate surface area is 154 Å². The van der Waals surface area contributed by atoms with E-state index in [0.29, 0.717) is 35.5 Å². The van der Waals surface area contributed by atoms with E-state index < -0.39 is 0 Å². The molecule has 0 spiro atoms. The fraction of sp³-hybridized carbons (Fsp3) is 0.222. The Bertz CT molecular complexity index is 945. The number of pyridine rings is 1. The summed E-state index contributed by atoms with van der Waals surface area (Å²) >= 11 is 6.17. The number of ether oxygens (including phenoxy) is 1. The largest absolute Gasteiger partial charge is 0.495 e. The lowest BCUT2D eigenvalue weighted by atomic mass is 10.1. The molecule has 26 heavy (non-hydrogen) atoms. The fourth-order valence-corrected chi connectivity index (χ4v) is 3.21. The third kappa shape index (κ3) is 3.01. The second kappa shape index (κ2) is 6.76. The molecule has 0 bridgehead atoms. The number of carbonyl (C=O) groups is 1. The molecule has 7 nitrogen and oxygen atoms in total. The number of nitrogens with zero attached hydrogens (tertiary/aromatic N) is 4. The molecule has 3 aromatic rings. The minimum absolute atomic E-state index is 0.0163. The van der Waals surface area contributed by atoms with E-state index in [1.54, 1.807) is 48.7 Å². The van der Waals surface area contributed by atoms with Crippen LogP contribution in [0, 0.1) is 0 Å². The molecule has 1 atom stereocenters. The van der Waals surface area contributed by atoms with Crippen molar-refractivity contribution in [3.05, 3.63) is 53.6 Å². The van der Waals surface area contributed by atoms with E-state index in [0.717, 1.165) is 11.3 Å². The van der Waals surface area contributed by atoms with Gasteiger partial charge in [-0.05, 0) is 30.3 Å². The zero-order chi connectivity index (χ0) is 18.1. The molecule has 1 saturated heterocycles. The molecule has 1 fully saturated rings. The molecule has 0 radical (unpaired) electrons. The molecule has 0 saturated carbocycles. The zero-order valence-corrected chi connectivity index (χ0v) is 14.7. The van der Waals surface area contributed by atoms with Gasteiger partial charge in [-0.1, -0.05) is 16.8 Å². The van der Waals surface area contributed by atoms with E-state index in [-0.39, 0.29) is 11.8 Å². The predicted molar refractivity (Wildman–Crippen MR) is 95.2 cm³/mol. The lowest BCUT2D eigenvalue weighted by Gasteiger charge is -2.17. The number of hydrogen-bond donors (Lipinski definition) is 0. The van der Waals surface area contributed by atoms with Crippen molar-refractivity contribution in [1.82, 2.24) is 15.1 Å². The van der Waals surface area contributed by atoms with E-state index in [2.05, 4.69) is 15.1 Å². The van der Waals surface area contributed by atoms with Gasteiger partial charge in [0.2, 0.25) is 17.6 Å². The summed E-state index contributed by atoms with van der Waals surface area (Å²) in [4.78, 5) is 22.6. The van der Waals surface area contributed by atoms with Gasteiger partial charge in [0.25, 0.3) is 0 Å². The topological polar surface area (TPSA) is 81.3 Å². The minimum Gasteiger partial charge on any atom is -0.495 e. The van der Waals surface area contributed by atoms with Crippen molar-refractivity contribution in [3.8, 4) is 17.1 Å². The number of amides is 1. The molecule has 0 N–H and O–H groups in total. The zero-order valence-electron chi connectivity index (χ0n) is 13.9. The van der Waals surface area contributed by atoms with Gasteiger partial charge in [0.05, 0.1) is 18.1 Å². The van der Waals surface area contributed by atoms with Crippen molar-refractivity contribution < 1.29 is 14.1 Å². The standard InChI is InChI=1S/C18H15ClN4O3/c1-25-15-5-4-13(8-14(15)19)23-10-12(7-16(23)24)18-21-17(22-26-18)11-3-2-6-20-9-11/h2-6,8-9,12H,7,10H2,1H3. The smallest absolute Gasteiger partial charge is 0.232 e. The van der Waals surface area contributed by atoms with Gasteiger partial charge in [0.1, 0.15) is 5.75 Å². The molecule has 1 aliphatic heterocycles. The van der Waals surface area contributed by atoms with Crippen LogP contribution in [0.4, 0.5) is 5.69 Å².